The Balaban J connectivity index is 2.33. The molecule has 0 bridgehead atoms. The molecule has 0 saturated carbocycles. The van der Waals surface area contributed by atoms with Crippen LogP contribution in [0.15, 0.2) is 42.5 Å². The number of carbonyl (C=O) groups is 2. The van der Waals surface area contributed by atoms with Crippen molar-refractivity contribution in [1.29, 1.82) is 0 Å². The van der Waals surface area contributed by atoms with Crippen LogP contribution in [-0.2, 0) is 22.6 Å². The molecule has 1 N–H and O–H groups in total. The molecule has 1 atom stereocenters. The molecule has 0 heterocycles. The summed E-state index contributed by atoms with van der Waals surface area (Å²) < 4.78 is 14.0. The topological polar surface area (TPSA) is 49.4 Å². The quantitative estimate of drug-likeness (QED) is 0.704. The molecule has 0 aliphatic carbocycles. The van der Waals surface area contributed by atoms with Crippen LogP contribution < -0.4 is 5.32 Å². The van der Waals surface area contributed by atoms with Gasteiger partial charge in [-0.1, -0.05) is 47.5 Å². The first-order chi connectivity index (χ1) is 13.2. The van der Waals surface area contributed by atoms with Crippen LogP contribution in [0.5, 0.6) is 0 Å². The highest BCUT2D eigenvalue weighted by atomic mass is 35.5. The Morgan fingerprint density at radius 1 is 1.04 bits per heavy atom. The van der Waals surface area contributed by atoms with Gasteiger partial charge >= 0.3 is 0 Å². The molecule has 28 heavy (non-hydrogen) atoms. The number of hydrogen-bond donors (Lipinski definition) is 1. The lowest BCUT2D eigenvalue weighted by molar-refractivity contribution is -0.140. The monoisotopic (exact) mass is 424 g/mol. The molecular weight excluding hydrogens is 402 g/mol. The molecule has 0 unspecified atom stereocenters. The second kappa shape index (κ2) is 9.89. The molecule has 7 heteroatoms. The number of benzene rings is 2. The summed E-state index contributed by atoms with van der Waals surface area (Å²) in [4.78, 5) is 26.9. The first kappa shape index (κ1) is 22.2. The zero-order valence-corrected chi connectivity index (χ0v) is 17.5. The van der Waals surface area contributed by atoms with E-state index in [9.17, 15) is 14.0 Å². The average molecular weight is 425 g/mol. The zero-order valence-electron chi connectivity index (χ0n) is 16.0. The fourth-order valence-corrected chi connectivity index (χ4v) is 3.26. The fourth-order valence-electron chi connectivity index (χ4n) is 2.75. The van der Waals surface area contributed by atoms with E-state index < -0.39 is 17.8 Å². The van der Waals surface area contributed by atoms with E-state index in [2.05, 4.69) is 5.32 Å². The Labute approximate surface area is 174 Å². The van der Waals surface area contributed by atoms with Crippen LogP contribution in [0.4, 0.5) is 4.39 Å². The third kappa shape index (κ3) is 5.69. The van der Waals surface area contributed by atoms with Gasteiger partial charge in [0.25, 0.3) is 0 Å². The summed E-state index contributed by atoms with van der Waals surface area (Å²) in [5.74, 6) is -1.17. The van der Waals surface area contributed by atoms with E-state index >= 15 is 0 Å². The van der Waals surface area contributed by atoms with Gasteiger partial charge in [0.2, 0.25) is 11.8 Å². The molecule has 0 aliphatic heterocycles. The summed E-state index contributed by atoms with van der Waals surface area (Å²) in [5, 5.41) is 3.59. The van der Waals surface area contributed by atoms with Gasteiger partial charge in [-0.3, -0.25) is 9.59 Å². The summed E-state index contributed by atoms with van der Waals surface area (Å²) in [6.45, 7) is 5.34. The van der Waals surface area contributed by atoms with Gasteiger partial charge in [0.15, 0.2) is 0 Å². The first-order valence-corrected chi connectivity index (χ1v) is 9.72. The van der Waals surface area contributed by atoms with Gasteiger partial charge in [0.1, 0.15) is 11.9 Å². The SMILES string of the molecule is CC(C)NC(=O)[C@H](C)N(Cc1c(Cl)cccc1Cl)C(=O)Cc1ccccc1F. The van der Waals surface area contributed by atoms with Crippen molar-refractivity contribution in [2.75, 3.05) is 0 Å². The first-order valence-electron chi connectivity index (χ1n) is 8.96. The van der Waals surface area contributed by atoms with Crippen LogP contribution in [0.1, 0.15) is 31.9 Å². The third-order valence-electron chi connectivity index (χ3n) is 4.29. The van der Waals surface area contributed by atoms with Crippen molar-refractivity contribution in [3.63, 3.8) is 0 Å². The molecule has 2 amide bonds. The second-order valence-corrected chi connectivity index (χ2v) is 7.64. The highest BCUT2D eigenvalue weighted by Crippen LogP contribution is 2.27. The van der Waals surface area contributed by atoms with Crippen molar-refractivity contribution < 1.29 is 14.0 Å². The Morgan fingerprint density at radius 3 is 2.21 bits per heavy atom. The molecule has 0 spiro atoms. The fraction of sp³-hybridized carbons (Fsp3) is 0.333. The van der Waals surface area contributed by atoms with E-state index in [0.717, 1.165) is 0 Å². The number of rotatable bonds is 7. The lowest BCUT2D eigenvalue weighted by atomic mass is 10.1. The summed E-state index contributed by atoms with van der Waals surface area (Å²) in [5.41, 5.74) is 0.802. The Morgan fingerprint density at radius 2 is 1.64 bits per heavy atom. The Kier molecular flexibility index (Phi) is 7.84. The van der Waals surface area contributed by atoms with Gasteiger partial charge in [0.05, 0.1) is 6.42 Å². The van der Waals surface area contributed by atoms with Crippen LogP contribution in [0, 0.1) is 5.82 Å². The van der Waals surface area contributed by atoms with Crippen molar-refractivity contribution in [2.24, 2.45) is 0 Å². The maximum Gasteiger partial charge on any atom is 0.242 e. The van der Waals surface area contributed by atoms with Crippen LogP contribution in [-0.4, -0.2) is 28.8 Å². The normalized spacial score (nSPS) is 12.0. The summed E-state index contributed by atoms with van der Waals surface area (Å²) >= 11 is 12.5. The second-order valence-electron chi connectivity index (χ2n) is 6.83. The molecule has 0 aromatic heterocycles. The van der Waals surface area contributed by atoms with Crippen molar-refractivity contribution >= 4 is 35.0 Å². The van der Waals surface area contributed by atoms with Crippen molar-refractivity contribution in [2.45, 2.75) is 45.8 Å². The average Bonchev–Trinajstić information content (AvgIpc) is 2.62. The largest absolute Gasteiger partial charge is 0.352 e. The van der Waals surface area contributed by atoms with Gasteiger partial charge in [-0.05, 0) is 44.5 Å². The maximum atomic E-state index is 14.0. The van der Waals surface area contributed by atoms with Crippen LogP contribution in [0.2, 0.25) is 10.0 Å². The minimum absolute atomic E-state index is 0.0402. The number of amides is 2. The molecular formula is C21H23Cl2FN2O2. The van der Waals surface area contributed by atoms with Gasteiger partial charge in [0, 0.05) is 28.2 Å². The van der Waals surface area contributed by atoms with E-state index in [1.165, 1.54) is 11.0 Å². The van der Waals surface area contributed by atoms with E-state index in [1.807, 2.05) is 13.8 Å². The molecule has 4 nitrogen and oxygen atoms in total. The minimum Gasteiger partial charge on any atom is -0.352 e. The minimum atomic E-state index is -0.783. The standard InChI is InChI=1S/C21H23Cl2FN2O2/c1-13(2)25-21(28)14(3)26(12-16-17(22)8-6-9-18(16)23)20(27)11-15-7-4-5-10-19(15)24/h4-10,13-14H,11-12H2,1-3H3,(H,25,28)/t14-/m0/s1. The zero-order chi connectivity index (χ0) is 20.8. The lowest BCUT2D eigenvalue weighted by Crippen LogP contribution is -2.49. The van der Waals surface area contributed by atoms with Gasteiger partial charge in [-0.25, -0.2) is 4.39 Å². The number of nitrogens with zero attached hydrogens (tertiary/aromatic N) is 1. The van der Waals surface area contributed by atoms with Crippen LogP contribution >= 0.6 is 23.2 Å². The van der Waals surface area contributed by atoms with E-state index in [4.69, 9.17) is 23.2 Å². The lowest BCUT2D eigenvalue weighted by Gasteiger charge is -2.30. The molecule has 150 valence electrons. The highest BCUT2D eigenvalue weighted by Gasteiger charge is 2.28. The van der Waals surface area contributed by atoms with Crippen molar-refractivity contribution in [3.05, 3.63) is 69.5 Å². The number of halogens is 3. The molecule has 0 radical (unpaired) electrons. The molecule has 0 aliphatic rings. The predicted molar refractivity (Wildman–Crippen MR) is 110 cm³/mol. The summed E-state index contributed by atoms with van der Waals surface area (Å²) in [7, 11) is 0. The maximum absolute atomic E-state index is 14.0. The van der Waals surface area contributed by atoms with Crippen LogP contribution in [0.25, 0.3) is 0 Å². The highest BCUT2D eigenvalue weighted by molar-refractivity contribution is 6.36. The van der Waals surface area contributed by atoms with Gasteiger partial charge in [-0.2, -0.15) is 0 Å². The molecule has 2 aromatic carbocycles. The van der Waals surface area contributed by atoms with E-state index in [0.29, 0.717) is 15.6 Å². The van der Waals surface area contributed by atoms with Crippen molar-refractivity contribution in [1.82, 2.24) is 10.2 Å². The number of carbonyl (C=O) groups excluding carboxylic acids is 2. The Hall–Kier alpha value is -2.11. The summed E-state index contributed by atoms with van der Waals surface area (Å²) in [6, 6.07) is 10.2. The number of hydrogen-bond acceptors (Lipinski definition) is 2. The predicted octanol–water partition coefficient (Wildman–Crippen LogP) is 4.62. The van der Waals surface area contributed by atoms with Gasteiger partial charge < -0.3 is 10.2 Å². The third-order valence-corrected chi connectivity index (χ3v) is 5.00. The summed E-state index contributed by atoms with van der Waals surface area (Å²) in [6.07, 6.45) is -0.173. The van der Waals surface area contributed by atoms with Gasteiger partial charge in [-0.15, -0.1) is 0 Å². The van der Waals surface area contributed by atoms with Crippen LogP contribution in [0.3, 0.4) is 0 Å². The van der Waals surface area contributed by atoms with Crippen molar-refractivity contribution in [3.8, 4) is 0 Å². The number of nitrogens with one attached hydrogen (secondary N) is 1. The molecule has 2 aromatic rings. The molecule has 0 fully saturated rings. The van der Waals surface area contributed by atoms with E-state index in [1.54, 1.807) is 43.3 Å². The smallest absolute Gasteiger partial charge is 0.242 e. The molecule has 0 saturated heterocycles. The van der Waals surface area contributed by atoms with E-state index in [-0.39, 0.29) is 30.5 Å². The Bertz CT molecular complexity index is 838. The molecule has 2 rings (SSSR count).